The van der Waals surface area contributed by atoms with E-state index >= 15 is 0 Å². The standard InChI is InChI=1S/C19H21Cl2NO5/c1-4-22-12(10-16(24)27-5-2)9-15(23)17(19(25)26-3)18(22)11-6-7-13(20)14(21)8-11/h6-9,16,24H,4-5,10H2,1-3H3. The Morgan fingerprint density at radius 2 is 1.93 bits per heavy atom. The number of pyridine rings is 1. The average molecular weight is 414 g/mol. The number of aliphatic hydroxyl groups excluding tert-OH is 1. The summed E-state index contributed by atoms with van der Waals surface area (Å²) in [6, 6.07) is 6.16. The second-order valence-electron chi connectivity index (χ2n) is 5.70. The Labute approximate surface area is 167 Å². The lowest BCUT2D eigenvalue weighted by Crippen LogP contribution is -2.27. The molecular weight excluding hydrogens is 393 g/mol. The van der Waals surface area contributed by atoms with E-state index in [9.17, 15) is 14.7 Å². The summed E-state index contributed by atoms with van der Waals surface area (Å²) in [4.78, 5) is 25.0. The molecule has 0 radical (unpaired) electrons. The number of carbonyl (C=O) groups is 1. The van der Waals surface area contributed by atoms with E-state index in [-0.39, 0.29) is 12.0 Å². The van der Waals surface area contributed by atoms with Crippen LogP contribution in [0.3, 0.4) is 0 Å². The van der Waals surface area contributed by atoms with Crippen LogP contribution in [-0.2, 0) is 22.4 Å². The molecule has 2 aromatic rings. The number of rotatable bonds is 7. The van der Waals surface area contributed by atoms with E-state index in [0.29, 0.717) is 40.1 Å². The predicted octanol–water partition coefficient (Wildman–Crippen LogP) is 3.53. The molecule has 1 N–H and O–H groups in total. The maximum Gasteiger partial charge on any atom is 0.344 e. The second kappa shape index (κ2) is 9.37. The highest BCUT2D eigenvalue weighted by Gasteiger charge is 2.24. The van der Waals surface area contributed by atoms with E-state index in [1.54, 1.807) is 29.7 Å². The molecule has 146 valence electrons. The van der Waals surface area contributed by atoms with Gasteiger partial charge >= 0.3 is 5.97 Å². The number of hydrogen-bond acceptors (Lipinski definition) is 5. The quantitative estimate of drug-likeness (QED) is 0.554. The zero-order valence-corrected chi connectivity index (χ0v) is 16.8. The summed E-state index contributed by atoms with van der Waals surface area (Å²) in [7, 11) is 1.21. The Kier molecular flexibility index (Phi) is 7.44. The number of aliphatic hydroxyl groups is 1. The molecule has 0 aliphatic heterocycles. The topological polar surface area (TPSA) is 77.8 Å². The number of halogens is 2. The van der Waals surface area contributed by atoms with Gasteiger partial charge in [0.05, 0.1) is 22.8 Å². The molecule has 0 amide bonds. The lowest BCUT2D eigenvalue weighted by molar-refractivity contribution is -0.0937. The van der Waals surface area contributed by atoms with Gasteiger partial charge in [0, 0.05) is 36.9 Å². The number of esters is 1. The van der Waals surface area contributed by atoms with E-state index in [0.717, 1.165) is 0 Å². The van der Waals surface area contributed by atoms with Gasteiger partial charge in [0.2, 0.25) is 0 Å². The average Bonchev–Trinajstić information content (AvgIpc) is 2.63. The van der Waals surface area contributed by atoms with Crippen LogP contribution in [-0.4, -0.2) is 35.6 Å². The van der Waals surface area contributed by atoms with Crippen molar-refractivity contribution in [1.82, 2.24) is 4.57 Å². The fraction of sp³-hybridized carbons (Fsp3) is 0.368. The number of ether oxygens (including phenoxy) is 2. The first-order valence-electron chi connectivity index (χ1n) is 8.44. The van der Waals surface area contributed by atoms with Crippen molar-refractivity contribution in [2.24, 2.45) is 0 Å². The molecule has 0 fully saturated rings. The Hall–Kier alpha value is -1.86. The molecule has 0 bridgehead atoms. The zero-order valence-electron chi connectivity index (χ0n) is 15.3. The Bertz CT molecular complexity index is 894. The molecule has 1 unspecified atom stereocenters. The van der Waals surface area contributed by atoms with Gasteiger partial charge in [0.15, 0.2) is 11.7 Å². The van der Waals surface area contributed by atoms with E-state index in [1.807, 2.05) is 6.92 Å². The molecule has 0 saturated carbocycles. The summed E-state index contributed by atoms with van der Waals surface area (Å²) in [5, 5.41) is 10.7. The van der Waals surface area contributed by atoms with Gasteiger partial charge in [-0.2, -0.15) is 0 Å². The van der Waals surface area contributed by atoms with Crippen LogP contribution in [0.2, 0.25) is 10.0 Å². The normalized spacial score (nSPS) is 12.1. The van der Waals surface area contributed by atoms with E-state index in [1.165, 1.54) is 13.2 Å². The molecule has 0 spiro atoms. The van der Waals surface area contributed by atoms with Crippen molar-refractivity contribution in [2.45, 2.75) is 33.1 Å². The summed E-state index contributed by atoms with van der Waals surface area (Å²) in [6.45, 7) is 4.40. The Morgan fingerprint density at radius 3 is 2.48 bits per heavy atom. The number of hydrogen-bond donors (Lipinski definition) is 1. The molecule has 1 atom stereocenters. The van der Waals surface area contributed by atoms with Crippen LogP contribution < -0.4 is 5.43 Å². The van der Waals surface area contributed by atoms with Crippen molar-refractivity contribution in [3.63, 3.8) is 0 Å². The third kappa shape index (κ3) is 4.71. The monoisotopic (exact) mass is 413 g/mol. The molecule has 8 heteroatoms. The Morgan fingerprint density at radius 1 is 1.22 bits per heavy atom. The van der Waals surface area contributed by atoms with Gasteiger partial charge in [-0.05, 0) is 26.0 Å². The zero-order chi connectivity index (χ0) is 20.1. The van der Waals surface area contributed by atoms with Gasteiger partial charge in [-0.25, -0.2) is 4.79 Å². The number of methoxy groups -OCH3 is 1. The van der Waals surface area contributed by atoms with Gasteiger partial charge < -0.3 is 19.1 Å². The van der Waals surface area contributed by atoms with Gasteiger partial charge in [-0.1, -0.05) is 29.3 Å². The molecule has 6 nitrogen and oxygen atoms in total. The first kappa shape index (κ1) is 21.4. The number of carbonyl (C=O) groups excluding carboxylic acids is 1. The molecule has 1 aromatic carbocycles. The molecule has 27 heavy (non-hydrogen) atoms. The Balaban J connectivity index is 2.78. The minimum absolute atomic E-state index is 0.0900. The smallest absolute Gasteiger partial charge is 0.344 e. The lowest BCUT2D eigenvalue weighted by Gasteiger charge is -2.21. The van der Waals surface area contributed by atoms with E-state index < -0.39 is 17.7 Å². The van der Waals surface area contributed by atoms with Crippen molar-refractivity contribution < 1.29 is 19.4 Å². The second-order valence-corrected chi connectivity index (χ2v) is 6.52. The van der Waals surface area contributed by atoms with Crippen molar-refractivity contribution in [2.75, 3.05) is 13.7 Å². The van der Waals surface area contributed by atoms with Crippen LogP contribution >= 0.6 is 23.2 Å². The van der Waals surface area contributed by atoms with E-state index in [2.05, 4.69) is 0 Å². The van der Waals surface area contributed by atoms with Crippen LogP contribution in [0.5, 0.6) is 0 Å². The summed E-state index contributed by atoms with van der Waals surface area (Å²) < 4.78 is 11.7. The van der Waals surface area contributed by atoms with Crippen LogP contribution in [0.15, 0.2) is 29.1 Å². The fourth-order valence-corrected chi connectivity index (χ4v) is 3.20. The summed E-state index contributed by atoms with van der Waals surface area (Å²) in [6.07, 6.45) is -0.981. The number of aromatic nitrogens is 1. The van der Waals surface area contributed by atoms with Gasteiger partial charge in [-0.15, -0.1) is 0 Å². The van der Waals surface area contributed by atoms with Crippen LogP contribution in [0.25, 0.3) is 11.3 Å². The van der Waals surface area contributed by atoms with Crippen LogP contribution in [0.1, 0.15) is 29.9 Å². The summed E-state index contributed by atoms with van der Waals surface area (Å²) >= 11 is 12.1. The predicted molar refractivity (Wildman–Crippen MR) is 105 cm³/mol. The minimum atomic E-state index is -1.07. The maximum atomic E-state index is 12.7. The fourth-order valence-electron chi connectivity index (χ4n) is 2.90. The molecular formula is C19H21Cl2NO5. The molecule has 0 aliphatic carbocycles. The lowest BCUT2D eigenvalue weighted by atomic mass is 10.0. The first-order chi connectivity index (χ1) is 12.8. The van der Waals surface area contributed by atoms with Crippen molar-refractivity contribution >= 4 is 29.2 Å². The first-order valence-corrected chi connectivity index (χ1v) is 9.19. The third-order valence-electron chi connectivity index (χ3n) is 4.04. The number of nitrogens with zero attached hydrogens (tertiary/aromatic N) is 1. The highest BCUT2D eigenvalue weighted by molar-refractivity contribution is 6.42. The van der Waals surface area contributed by atoms with Crippen molar-refractivity contribution in [3.8, 4) is 11.3 Å². The molecule has 1 heterocycles. The van der Waals surface area contributed by atoms with Gasteiger partial charge in [-0.3, -0.25) is 4.79 Å². The minimum Gasteiger partial charge on any atom is -0.465 e. The molecule has 2 rings (SSSR count). The molecule has 0 aliphatic rings. The van der Waals surface area contributed by atoms with Gasteiger partial charge in [0.1, 0.15) is 5.56 Å². The SMILES string of the molecule is CCOC(O)Cc1cc(=O)c(C(=O)OC)c(-c2ccc(Cl)c(Cl)c2)n1CC. The highest BCUT2D eigenvalue weighted by atomic mass is 35.5. The summed E-state index contributed by atoms with van der Waals surface area (Å²) in [5.41, 5.74) is 0.807. The van der Waals surface area contributed by atoms with E-state index in [4.69, 9.17) is 32.7 Å². The van der Waals surface area contributed by atoms with Crippen LogP contribution in [0.4, 0.5) is 0 Å². The third-order valence-corrected chi connectivity index (χ3v) is 4.78. The van der Waals surface area contributed by atoms with Crippen molar-refractivity contribution in [1.29, 1.82) is 0 Å². The largest absolute Gasteiger partial charge is 0.465 e. The van der Waals surface area contributed by atoms with Crippen LogP contribution in [0, 0.1) is 0 Å². The maximum absolute atomic E-state index is 12.7. The molecule has 0 saturated heterocycles. The molecule has 1 aromatic heterocycles. The highest BCUT2D eigenvalue weighted by Crippen LogP contribution is 2.31. The summed E-state index contributed by atoms with van der Waals surface area (Å²) in [5.74, 6) is -0.750. The van der Waals surface area contributed by atoms with Crippen molar-refractivity contribution in [3.05, 3.63) is 55.8 Å². The van der Waals surface area contributed by atoms with Gasteiger partial charge in [0.25, 0.3) is 0 Å². The number of benzene rings is 1.